The van der Waals surface area contributed by atoms with Crippen LogP contribution in [0.3, 0.4) is 0 Å². The minimum absolute atomic E-state index is 0.475. The summed E-state index contributed by atoms with van der Waals surface area (Å²) in [6, 6.07) is -0.475. The van der Waals surface area contributed by atoms with E-state index in [1.54, 1.807) is 0 Å². The lowest BCUT2D eigenvalue weighted by molar-refractivity contribution is -0.167. The highest BCUT2D eigenvalue weighted by atomic mass is 19.4. The van der Waals surface area contributed by atoms with Crippen LogP contribution in [0.4, 0.5) is 19.2 Å². The van der Waals surface area contributed by atoms with E-state index in [1.165, 1.54) is 5.32 Å². The van der Waals surface area contributed by atoms with Crippen LogP contribution in [0.5, 0.6) is 0 Å². The Morgan fingerprint density at radius 2 is 2.25 bits per heavy atom. The van der Waals surface area contributed by atoms with Crippen molar-refractivity contribution in [3.63, 3.8) is 0 Å². The minimum atomic E-state index is -4.92. The zero-order valence-electron chi connectivity index (χ0n) is 5.55. The summed E-state index contributed by atoms with van der Waals surface area (Å²) < 4.78 is 39.0. The molecule has 4 nitrogen and oxygen atoms in total. The van der Waals surface area contributed by atoms with Crippen molar-refractivity contribution in [3.05, 3.63) is 12.5 Å². The minimum Gasteiger partial charge on any atom is -0.432 e. The number of rotatable bonds is 1. The van der Waals surface area contributed by atoms with Gasteiger partial charge in [-0.25, -0.2) is 4.98 Å². The summed E-state index contributed by atoms with van der Waals surface area (Å²) in [5.41, 5.74) is 0. The molecule has 0 aromatic carbocycles. The number of nitrogens with zero attached hydrogens (tertiary/aromatic N) is 1. The zero-order valence-corrected chi connectivity index (χ0v) is 5.55. The van der Waals surface area contributed by atoms with E-state index in [0.717, 1.165) is 12.5 Å². The Hall–Kier alpha value is -1.53. The average molecular weight is 180 g/mol. The first-order valence-electron chi connectivity index (χ1n) is 2.78. The summed E-state index contributed by atoms with van der Waals surface area (Å²) in [5, 5.41) is 1.42. The molecule has 0 aliphatic heterocycles. The van der Waals surface area contributed by atoms with Crippen LogP contribution in [0, 0.1) is 0 Å². The standard InChI is InChI=1S/C5H3F3N2O2/c6-5(7,8)3(11)10-4-9-1-2-12-4/h1-2H,(H,9,10,11). The predicted octanol–water partition coefficient (Wildman–Crippen LogP) is 1.18. The Labute approximate surface area is 64.4 Å². The summed E-state index contributed by atoms with van der Waals surface area (Å²) >= 11 is 0. The highest BCUT2D eigenvalue weighted by Gasteiger charge is 2.39. The summed E-state index contributed by atoms with van der Waals surface area (Å²) in [6.07, 6.45) is -2.76. The maximum Gasteiger partial charge on any atom is 0.471 e. The number of nitrogens with one attached hydrogen (secondary N) is 1. The fraction of sp³-hybridized carbons (Fsp3) is 0.200. The summed E-state index contributed by atoms with van der Waals surface area (Å²) in [4.78, 5) is 13.5. The van der Waals surface area contributed by atoms with Crippen molar-refractivity contribution >= 4 is 11.9 Å². The number of hydrogen-bond donors (Lipinski definition) is 1. The van der Waals surface area contributed by atoms with E-state index >= 15 is 0 Å². The molecule has 66 valence electrons. The topological polar surface area (TPSA) is 55.1 Å². The van der Waals surface area contributed by atoms with Gasteiger partial charge in [0.25, 0.3) is 0 Å². The van der Waals surface area contributed by atoms with Crippen LogP contribution in [0.1, 0.15) is 0 Å². The van der Waals surface area contributed by atoms with E-state index < -0.39 is 18.1 Å². The molecule has 1 heterocycles. The smallest absolute Gasteiger partial charge is 0.432 e. The molecule has 1 N–H and O–H groups in total. The van der Waals surface area contributed by atoms with Crippen LogP contribution in [-0.4, -0.2) is 17.1 Å². The third-order valence-electron chi connectivity index (χ3n) is 0.910. The Balaban J connectivity index is 2.60. The van der Waals surface area contributed by atoms with Gasteiger partial charge in [0.05, 0.1) is 6.20 Å². The van der Waals surface area contributed by atoms with Gasteiger partial charge < -0.3 is 4.42 Å². The van der Waals surface area contributed by atoms with Gasteiger partial charge in [0.15, 0.2) is 0 Å². The zero-order chi connectivity index (χ0) is 9.19. The number of halogens is 3. The first-order chi connectivity index (χ1) is 5.50. The molecule has 0 fully saturated rings. The second-order valence-corrected chi connectivity index (χ2v) is 1.79. The van der Waals surface area contributed by atoms with E-state index in [9.17, 15) is 18.0 Å². The molecule has 0 atom stereocenters. The molecule has 7 heteroatoms. The van der Waals surface area contributed by atoms with Crippen LogP contribution in [0.15, 0.2) is 16.9 Å². The predicted molar refractivity (Wildman–Crippen MR) is 31.2 cm³/mol. The largest absolute Gasteiger partial charge is 0.471 e. The fourth-order valence-corrected chi connectivity index (χ4v) is 0.453. The van der Waals surface area contributed by atoms with Gasteiger partial charge in [-0.05, 0) is 0 Å². The van der Waals surface area contributed by atoms with Crippen molar-refractivity contribution in [3.8, 4) is 0 Å². The molecule has 0 radical (unpaired) electrons. The normalized spacial score (nSPS) is 11.2. The van der Waals surface area contributed by atoms with Gasteiger partial charge in [0, 0.05) is 0 Å². The van der Waals surface area contributed by atoms with Gasteiger partial charge in [-0.1, -0.05) is 0 Å². The van der Waals surface area contributed by atoms with E-state index in [-0.39, 0.29) is 0 Å². The maximum atomic E-state index is 11.6. The van der Waals surface area contributed by atoms with Crippen molar-refractivity contribution in [2.75, 3.05) is 5.32 Å². The molecule has 0 saturated carbocycles. The van der Waals surface area contributed by atoms with E-state index in [4.69, 9.17) is 0 Å². The Morgan fingerprint density at radius 1 is 1.58 bits per heavy atom. The van der Waals surface area contributed by atoms with Crippen molar-refractivity contribution in [1.82, 2.24) is 4.98 Å². The Kier molecular flexibility index (Phi) is 2.03. The lowest BCUT2D eigenvalue weighted by Gasteiger charge is -2.03. The van der Waals surface area contributed by atoms with Crippen LogP contribution in [-0.2, 0) is 4.79 Å². The number of alkyl halides is 3. The number of amides is 1. The molecule has 0 bridgehead atoms. The average Bonchev–Trinajstić information content (AvgIpc) is 2.37. The molecule has 0 unspecified atom stereocenters. The maximum absolute atomic E-state index is 11.6. The summed E-state index contributed by atoms with van der Waals surface area (Å²) in [7, 11) is 0. The quantitative estimate of drug-likeness (QED) is 0.705. The van der Waals surface area contributed by atoms with Crippen molar-refractivity contribution in [2.24, 2.45) is 0 Å². The Bertz CT molecular complexity index is 267. The Morgan fingerprint density at radius 3 is 2.67 bits per heavy atom. The molecule has 1 aromatic rings. The third kappa shape index (κ3) is 1.97. The number of aromatic nitrogens is 1. The SMILES string of the molecule is O=C(Nc1ncco1)C(F)(F)F. The van der Waals surface area contributed by atoms with Gasteiger partial charge in [-0.3, -0.25) is 10.1 Å². The lowest BCUT2D eigenvalue weighted by Crippen LogP contribution is -2.29. The van der Waals surface area contributed by atoms with Gasteiger partial charge in [-0.15, -0.1) is 0 Å². The number of oxazole rings is 1. The van der Waals surface area contributed by atoms with Gasteiger partial charge in [-0.2, -0.15) is 13.2 Å². The van der Waals surface area contributed by atoms with E-state index in [1.807, 2.05) is 0 Å². The van der Waals surface area contributed by atoms with Crippen molar-refractivity contribution in [2.45, 2.75) is 6.18 Å². The van der Waals surface area contributed by atoms with Crippen LogP contribution in [0.25, 0.3) is 0 Å². The number of carbonyl (C=O) groups excluding carboxylic acids is 1. The molecular weight excluding hydrogens is 177 g/mol. The first kappa shape index (κ1) is 8.57. The molecule has 0 spiro atoms. The second kappa shape index (κ2) is 2.84. The van der Waals surface area contributed by atoms with Gasteiger partial charge in [0.1, 0.15) is 6.26 Å². The third-order valence-corrected chi connectivity index (χ3v) is 0.910. The van der Waals surface area contributed by atoms with E-state index in [2.05, 4.69) is 9.40 Å². The lowest BCUT2D eigenvalue weighted by atomic mass is 10.6. The number of anilines is 1. The molecule has 1 aromatic heterocycles. The summed E-state index contributed by atoms with van der Waals surface area (Å²) in [5.74, 6) is -2.11. The molecule has 12 heavy (non-hydrogen) atoms. The van der Waals surface area contributed by atoms with Gasteiger partial charge in [0.2, 0.25) is 0 Å². The number of carbonyl (C=O) groups is 1. The number of hydrogen-bond acceptors (Lipinski definition) is 3. The second-order valence-electron chi connectivity index (χ2n) is 1.79. The van der Waals surface area contributed by atoms with Crippen molar-refractivity contribution in [1.29, 1.82) is 0 Å². The van der Waals surface area contributed by atoms with Crippen molar-refractivity contribution < 1.29 is 22.4 Å². The molecule has 1 rings (SSSR count). The fourth-order valence-electron chi connectivity index (χ4n) is 0.453. The van der Waals surface area contributed by atoms with Gasteiger partial charge >= 0.3 is 18.1 Å². The van der Waals surface area contributed by atoms with Crippen LogP contribution in [0.2, 0.25) is 0 Å². The monoisotopic (exact) mass is 180 g/mol. The molecule has 0 aliphatic rings. The highest BCUT2D eigenvalue weighted by Crippen LogP contribution is 2.16. The molecule has 0 aliphatic carbocycles. The van der Waals surface area contributed by atoms with Crippen LogP contribution < -0.4 is 5.32 Å². The molecule has 0 saturated heterocycles. The van der Waals surface area contributed by atoms with Crippen LogP contribution >= 0.6 is 0 Å². The highest BCUT2D eigenvalue weighted by molar-refractivity contribution is 5.93. The molecular formula is C5H3F3N2O2. The molecule has 1 amide bonds. The first-order valence-corrected chi connectivity index (χ1v) is 2.78. The van der Waals surface area contributed by atoms with E-state index in [0.29, 0.717) is 0 Å². The summed E-state index contributed by atoms with van der Waals surface area (Å²) in [6.45, 7) is 0.